The van der Waals surface area contributed by atoms with Crippen molar-refractivity contribution in [3.05, 3.63) is 206 Å². The maximum absolute atomic E-state index is 12.0. The predicted octanol–water partition coefficient (Wildman–Crippen LogP) is 19.2. The van der Waals surface area contributed by atoms with Gasteiger partial charge in [-0.3, -0.25) is 19.0 Å². The van der Waals surface area contributed by atoms with E-state index in [2.05, 4.69) is 178 Å². The van der Waals surface area contributed by atoms with Crippen LogP contribution in [0.4, 0.5) is 0 Å². The normalized spacial score (nSPS) is 12.7. The highest BCUT2D eigenvalue weighted by Gasteiger charge is 2.27. The molecule has 6 aromatic heterocycles. The highest BCUT2D eigenvalue weighted by atomic mass is 79.9. The Morgan fingerprint density at radius 1 is 0.532 bits per heavy atom. The Bertz CT molecular complexity index is 3580. The summed E-state index contributed by atoms with van der Waals surface area (Å²) >= 11 is 12.7. The number of furan rings is 3. The van der Waals surface area contributed by atoms with E-state index < -0.39 is 0 Å². The SMILES string of the molecule is CC(C)(C)c1ccc2occ(Cl)c2c1.CC(C)(C)c1ccc2occc2c1.CC(C)c1ccc(Br)n(C)c1=O.CC(C)c1ccc(Br)n(C2CC2)c1=O.Cc1coc2ccc(C(C)(C)C)cc12.Cn1cc(C(C)(C)C)ccc1=O. The topological polar surface area (TPSA) is 105 Å². The number of aryl methyl sites for hydroxylation is 2. The van der Waals surface area contributed by atoms with Crippen molar-refractivity contribution >= 4 is 76.4 Å². The zero-order valence-electron chi connectivity index (χ0n) is 50.1. The molecule has 0 spiro atoms. The molecule has 1 fully saturated rings. The third-order valence-electron chi connectivity index (χ3n) is 13.8. The summed E-state index contributed by atoms with van der Waals surface area (Å²) in [4.78, 5) is 34.7. The lowest BCUT2D eigenvalue weighted by Crippen LogP contribution is -2.24. The third kappa shape index (κ3) is 17.4. The molecule has 1 aliphatic carbocycles. The number of hydrogen-bond acceptors (Lipinski definition) is 6. The first-order chi connectivity index (χ1) is 36.6. The summed E-state index contributed by atoms with van der Waals surface area (Å²) in [6.07, 6.45) is 9.30. The number of halogens is 3. The van der Waals surface area contributed by atoms with Gasteiger partial charge in [0, 0.05) is 59.7 Å². The van der Waals surface area contributed by atoms with Crippen LogP contribution in [0.3, 0.4) is 0 Å². The summed E-state index contributed by atoms with van der Waals surface area (Å²) in [6.45, 7) is 36.5. The number of aromatic nitrogens is 3. The molecule has 0 N–H and O–H groups in total. The summed E-state index contributed by atoms with van der Waals surface area (Å²) in [6, 6.07) is 32.6. The summed E-state index contributed by atoms with van der Waals surface area (Å²) in [5.41, 5.74) is 11.9. The molecule has 6 heterocycles. The van der Waals surface area contributed by atoms with E-state index in [1.807, 2.05) is 79.4 Å². The second-order valence-corrected chi connectivity index (χ2v) is 27.3. The van der Waals surface area contributed by atoms with Crippen molar-refractivity contribution in [3.8, 4) is 0 Å². The monoisotopic (exact) mass is 1220 g/mol. The number of pyridine rings is 3. The Morgan fingerprint density at radius 3 is 1.49 bits per heavy atom. The van der Waals surface area contributed by atoms with Gasteiger partial charge in [-0.05, 0) is 168 Å². The van der Waals surface area contributed by atoms with Crippen LogP contribution in [0.2, 0.25) is 5.02 Å². The van der Waals surface area contributed by atoms with Crippen LogP contribution >= 0.6 is 43.5 Å². The molecule has 0 saturated heterocycles. The predicted molar refractivity (Wildman–Crippen MR) is 339 cm³/mol. The molecule has 0 radical (unpaired) electrons. The minimum atomic E-state index is 0.0444. The first-order valence-electron chi connectivity index (χ1n) is 27.2. The Morgan fingerprint density at radius 2 is 0.987 bits per heavy atom. The molecule has 0 bridgehead atoms. The molecule has 0 aliphatic heterocycles. The highest BCUT2D eigenvalue weighted by molar-refractivity contribution is 9.10. The van der Waals surface area contributed by atoms with Crippen molar-refractivity contribution in [3.63, 3.8) is 0 Å². The third-order valence-corrected chi connectivity index (χ3v) is 15.6. The van der Waals surface area contributed by atoms with Gasteiger partial charge in [0.25, 0.3) is 11.1 Å². The Balaban J connectivity index is 0.000000175. The van der Waals surface area contributed by atoms with E-state index in [-0.39, 0.29) is 44.3 Å². The molecule has 1 aliphatic rings. The van der Waals surface area contributed by atoms with Crippen molar-refractivity contribution < 1.29 is 13.3 Å². The number of hydrogen-bond donors (Lipinski definition) is 0. The first kappa shape index (κ1) is 64.2. The molecule has 9 aromatic rings. The second-order valence-electron chi connectivity index (χ2n) is 25.3. The smallest absolute Gasteiger partial charge is 0.255 e. The van der Waals surface area contributed by atoms with Gasteiger partial charge in [0.2, 0.25) is 5.56 Å². The molecule has 0 unspecified atom stereocenters. The van der Waals surface area contributed by atoms with E-state index in [0.29, 0.717) is 17.0 Å². The van der Waals surface area contributed by atoms with Crippen molar-refractivity contribution in [1.29, 1.82) is 0 Å². The number of rotatable bonds is 3. The first-order valence-corrected chi connectivity index (χ1v) is 29.1. The minimum absolute atomic E-state index is 0.0444. The number of benzene rings is 3. The maximum Gasteiger partial charge on any atom is 0.255 e. The molecule has 0 amide bonds. The fourth-order valence-electron chi connectivity index (χ4n) is 8.29. The minimum Gasteiger partial charge on any atom is -0.464 e. The van der Waals surface area contributed by atoms with Gasteiger partial charge in [0.15, 0.2) is 0 Å². The van der Waals surface area contributed by atoms with Gasteiger partial charge >= 0.3 is 0 Å². The average Bonchev–Trinajstić information content (AvgIpc) is 3.78. The average molecular weight is 1220 g/mol. The van der Waals surface area contributed by atoms with Gasteiger partial charge in [0.1, 0.15) is 23.0 Å². The quantitative estimate of drug-likeness (QED) is 0.163. The van der Waals surface area contributed by atoms with Gasteiger partial charge < -0.3 is 22.4 Å². The summed E-state index contributed by atoms with van der Waals surface area (Å²) in [5, 5.41) is 4.11. The zero-order valence-corrected chi connectivity index (χ0v) is 54.0. The van der Waals surface area contributed by atoms with Crippen molar-refractivity contribution in [2.75, 3.05) is 0 Å². The fourth-order valence-corrected chi connectivity index (χ4v) is 9.36. The Labute approximate surface area is 490 Å². The molecular formula is C67H84Br2ClN3O6. The molecule has 1 saturated carbocycles. The molecule has 10 rings (SSSR count). The lowest BCUT2D eigenvalue weighted by molar-refractivity contribution is 0.580. The van der Waals surface area contributed by atoms with Crippen LogP contribution in [0.5, 0.6) is 0 Å². The summed E-state index contributed by atoms with van der Waals surface area (Å²) in [7, 11) is 3.54. The van der Waals surface area contributed by atoms with Crippen LogP contribution in [0.1, 0.15) is 180 Å². The van der Waals surface area contributed by atoms with Crippen LogP contribution in [0.25, 0.3) is 32.9 Å². The van der Waals surface area contributed by atoms with Crippen LogP contribution in [-0.4, -0.2) is 13.7 Å². The van der Waals surface area contributed by atoms with Gasteiger partial charge in [0.05, 0.1) is 26.8 Å². The zero-order chi connectivity index (χ0) is 59.1. The van der Waals surface area contributed by atoms with E-state index in [4.69, 9.17) is 24.9 Å². The van der Waals surface area contributed by atoms with E-state index in [1.54, 1.807) is 41.8 Å². The number of fused-ring (bicyclic) bond motifs is 3. The molecular weight excluding hydrogens is 1140 g/mol. The van der Waals surface area contributed by atoms with Gasteiger partial charge in [-0.25, -0.2) is 0 Å². The molecule has 9 nitrogen and oxygen atoms in total. The summed E-state index contributed by atoms with van der Waals surface area (Å²) < 4.78 is 22.8. The molecule has 79 heavy (non-hydrogen) atoms. The van der Waals surface area contributed by atoms with Crippen molar-refractivity contribution in [1.82, 2.24) is 13.7 Å². The molecule has 424 valence electrons. The van der Waals surface area contributed by atoms with E-state index in [9.17, 15) is 14.4 Å². The molecule has 3 aromatic carbocycles. The molecule has 0 atom stereocenters. The fraction of sp³-hybridized carbons (Fsp3) is 0.418. The number of nitrogens with zero attached hydrogens (tertiary/aromatic N) is 3. The van der Waals surface area contributed by atoms with E-state index >= 15 is 0 Å². The van der Waals surface area contributed by atoms with Crippen molar-refractivity contribution in [2.24, 2.45) is 14.1 Å². The van der Waals surface area contributed by atoms with E-state index in [0.717, 1.165) is 55.3 Å². The van der Waals surface area contributed by atoms with Crippen molar-refractivity contribution in [2.45, 2.75) is 170 Å². The van der Waals surface area contributed by atoms with Crippen LogP contribution in [0, 0.1) is 6.92 Å². The highest BCUT2D eigenvalue weighted by Crippen LogP contribution is 2.36. The van der Waals surface area contributed by atoms with Gasteiger partial charge in [-0.1, -0.05) is 159 Å². The van der Waals surface area contributed by atoms with Crippen LogP contribution in [0.15, 0.2) is 159 Å². The standard InChI is InChI=1S/C13H16O.C12H13ClO.C12H14O.C11H14BrNO.C10H15NO.C9H12BrNO/c1-9-8-14-12-6-5-10(7-11(9)12)13(2,3)4;1-12(2,3)8-4-5-11-9(6-8)10(13)7-14-11;1-12(2,3)10-4-5-11-9(8-10)6-7-13-11;1-7(2)9-5-6-10(12)13(11(9)14)8-3-4-8;1-10(2,3)8-5-6-9(12)11(4)7-8;1-6(2)7-4-5-8(10)11(3)9(7)12/h5-8H,1-4H3;4-7H,1-3H3;4-8H,1-3H3;5-8H,3-4H2,1-2H3;5-7H,1-4H3;4-6H,1-3H3. The van der Waals surface area contributed by atoms with Gasteiger partial charge in [-0.2, -0.15) is 0 Å². The maximum atomic E-state index is 12.0. The molecule has 12 heteroatoms. The largest absolute Gasteiger partial charge is 0.464 e. The van der Waals surface area contributed by atoms with E-state index in [1.165, 1.54) is 38.6 Å². The van der Waals surface area contributed by atoms with Crippen LogP contribution < -0.4 is 16.7 Å². The van der Waals surface area contributed by atoms with Gasteiger partial charge in [-0.15, -0.1) is 0 Å². The Kier molecular flexibility index (Phi) is 21.4. The summed E-state index contributed by atoms with van der Waals surface area (Å²) in [5.74, 6) is 0.595. The van der Waals surface area contributed by atoms with Crippen LogP contribution in [-0.2, 0) is 35.8 Å². The Hall–Kier alpha value is -5.62. The second kappa shape index (κ2) is 26.3. The lowest BCUT2D eigenvalue weighted by atomic mass is 9.86. The lowest BCUT2D eigenvalue weighted by Gasteiger charge is -2.19.